The van der Waals surface area contributed by atoms with E-state index in [0.717, 1.165) is 30.6 Å². The Labute approximate surface area is 177 Å². The van der Waals surface area contributed by atoms with E-state index in [1.54, 1.807) is 12.1 Å². The predicted octanol–water partition coefficient (Wildman–Crippen LogP) is 7.68. The van der Waals surface area contributed by atoms with Gasteiger partial charge >= 0.3 is 0 Å². The van der Waals surface area contributed by atoms with Crippen LogP contribution in [0.2, 0.25) is 0 Å². The fourth-order valence-electron chi connectivity index (χ4n) is 5.24. The second-order valence-electron chi connectivity index (χ2n) is 9.51. The van der Waals surface area contributed by atoms with Crippen molar-refractivity contribution in [3.63, 3.8) is 0 Å². The molecule has 0 spiro atoms. The van der Waals surface area contributed by atoms with E-state index in [1.807, 2.05) is 0 Å². The number of benzene rings is 1. The molecule has 1 aromatic carbocycles. The summed E-state index contributed by atoms with van der Waals surface area (Å²) in [6.45, 7) is 6.19. The van der Waals surface area contributed by atoms with Crippen molar-refractivity contribution in [3.8, 4) is 0 Å². The Balaban J connectivity index is 1.32. The number of hydrogen-bond acceptors (Lipinski definition) is 2. The second kappa shape index (κ2) is 12.1. The summed E-state index contributed by atoms with van der Waals surface area (Å²) in [6.07, 6.45) is 15.1. The molecule has 2 aliphatic rings. The summed E-state index contributed by atoms with van der Waals surface area (Å²) >= 11 is 0. The molecule has 0 bridgehead atoms. The van der Waals surface area contributed by atoms with Crippen LogP contribution < -0.4 is 0 Å². The maximum Gasteiger partial charge on any atom is 0.183 e. The molecular formula is C26H41FO2. The summed E-state index contributed by atoms with van der Waals surface area (Å²) in [5.41, 5.74) is 0.910. The molecule has 3 rings (SSSR count). The normalized spacial score (nSPS) is 28.9. The molecule has 0 aromatic heterocycles. The first-order valence-corrected chi connectivity index (χ1v) is 12.2. The standard InChI is InChI=1S/C26H41FO2/c1-3-4-5-6-7-8-9-21-10-12-22(13-11-21)20(2)24-18-28-26(29-19-24)23-14-16-25(27)17-15-23/h14-17,20-22,24,26H,3-13,18-19H2,1-2H3. The van der Waals surface area contributed by atoms with Gasteiger partial charge in [0.15, 0.2) is 6.29 Å². The quantitative estimate of drug-likeness (QED) is 0.372. The molecule has 0 radical (unpaired) electrons. The molecule has 1 heterocycles. The molecule has 29 heavy (non-hydrogen) atoms. The Hall–Kier alpha value is -0.930. The molecule has 1 unspecified atom stereocenters. The van der Waals surface area contributed by atoms with Gasteiger partial charge in [0.1, 0.15) is 5.82 Å². The van der Waals surface area contributed by atoms with Crippen LogP contribution in [0.5, 0.6) is 0 Å². The lowest BCUT2D eigenvalue weighted by molar-refractivity contribution is -0.215. The maximum absolute atomic E-state index is 13.1. The van der Waals surface area contributed by atoms with Crippen molar-refractivity contribution in [2.45, 2.75) is 90.8 Å². The van der Waals surface area contributed by atoms with Gasteiger partial charge in [-0.25, -0.2) is 4.39 Å². The molecule has 0 N–H and O–H groups in total. The minimum Gasteiger partial charge on any atom is -0.348 e. The van der Waals surface area contributed by atoms with Crippen LogP contribution in [0.25, 0.3) is 0 Å². The molecule has 2 fully saturated rings. The predicted molar refractivity (Wildman–Crippen MR) is 117 cm³/mol. The minimum absolute atomic E-state index is 0.219. The molecule has 164 valence electrons. The molecular weight excluding hydrogens is 363 g/mol. The van der Waals surface area contributed by atoms with E-state index < -0.39 is 0 Å². The average Bonchev–Trinajstić information content (AvgIpc) is 2.77. The van der Waals surface area contributed by atoms with Gasteiger partial charge in [0.05, 0.1) is 13.2 Å². The van der Waals surface area contributed by atoms with Crippen LogP contribution in [0, 0.1) is 29.5 Å². The molecule has 3 heteroatoms. The van der Waals surface area contributed by atoms with Gasteiger partial charge in [-0.15, -0.1) is 0 Å². The molecule has 1 aromatic rings. The van der Waals surface area contributed by atoms with E-state index in [0.29, 0.717) is 11.8 Å². The first-order valence-electron chi connectivity index (χ1n) is 12.2. The molecule has 1 aliphatic carbocycles. The van der Waals surface area contributed by atoms with Gasteiger partial charge in [0.2, 0.25) is 0 Å². The SMILES string of the molecule is CCCCCCCCC1CCC(C(C)C2COC(c3ccc(F)cc3)OC2)CC1. The van der Waals surface area contributed by atoms with E-state index in [2.05, 4.69) is 13.8 Å². The molecule has 2 nitrogen and oxygen atoms in total. The molecule has 1 saturated carbocycles. The third-order valence-electron chi connectivity index (χ3n) is 7.41. The third-order valence-corrected chi connectivity index (χ3v) is 7.41. The minimum atomic E-state index is -0.341. The second-order valence-corrected chi connectivity index (χ2v) is 9.51. The smallest absolute Gasteiger partial charge is 0.183 e. The first kappa shape index (κ1) is 22.7. The topological polar surface area (TPSA) is 18.5 Å². The third kappa shape index (κ3) is 7.07. The number of ether oxygens (including phenoxy) is 2. The summed E-state index contributed by atoms with van der Waals surface area (Å²) in [5, 5.41) is 0. The highest BCUT2D eigenvalue weighted by Crippen LogP contribution is 2.40. The number of halogens is 1. The van der Waals surface area contributed by atoms with Crippen molar-refractivity contribution in [2.75, 3.05) is 13.2 Å². The van der Waals surface area contributed by atoms with Gasteiger partial charge in [-0.3, -0.25) is 0 Å². The van der Waals surface area contributed by atoms with Gasteiger partial charge in [0, 0.05) is 11.5 Å². The van der Waals surface area contributed by atoms with Crippen LogP contribution in [0.4, 0.5) is 4.39 Å². The van der Waals surface area contributed by atoms with Crippen molar-refractivity contribution < 1.29 is 13.9 Å². The zero-order chi connectivity index (χ0) is 20.5. The number of unbranched alkanes of at least 4 members (excludes halogenated alkanes) is 5. The van der Waals surface area contributed by atoms with Crippen molar-refractivity contribution in [1.29, 1.82) is 0 Å². The number of hydrogen-bond donors (Lipinski definition) is 0. The first-order chi connectivity index (χ1) is 14.2. The van der Waals surface area contributed by atoms with Crippen LogP contribution in [-0.2, 0) is 9.47 Å². The van der Waals surface area contributed by atoms with Crippen LogP contribution in [0.3, 0.4) is 0 Å². The monoisotopic (exact) mass is 404 g/mol. The van der Waals surface area contributed by atoms with Gasteiger partial charge in [-0.2, -0.15) is 0 Å². The largest absolute Gasteiger partial charge is 0.348 e. The molecule has 0 amide bonds. The lowest BCUT2D eigenvalue weighted by Crippen LogP contribution is -2.35. The zero-order valence-corrected chi connectivity index (χ0v) is 18.6. The van der Waals surface area contributed by atoms with Crippen LogP contribution in [0.15, 0.2) is 24.3 Å². The summed E-state index contributed by atoms with van der Waals surface area (Å²) in [4.78, 5) is 0. The van der Waals surface area contributed by atoms with Gasteiger partial charge in [0.25, 0.3) is 0 Å². The van der Waals surface area contributed by atoms with Crippen molar-refractivity contribution in [1.82, 2.24) is 0 Å². The summed E-state index contributed by atoms with van der Waals surface area (Å²) in [6, 6.07) is 6.46. The fourth-order valence-corrected chi connectivity index (χ4v) is 5.24. The molecule has 1 saturated heterocycles. The van der Waals surface area contributed by atoms with Crippen molar-refractivity contribution in [2.24, 2.45) is 23.7 Å². The highest BCUT2D eigenvalue weighted by molar-refractivity contribution is 5.17. The Kier molecular flexibility index (Phi) is 9.45. The fraction of sp³-hybridized carbons (Fsp3) is 0.769. The Morgan fingerprint density at radius 1 is 0.862 bits per heavy atom. The Bertz CT molecular complexity index is 557. The Morgan fingerprint density at radius 3 is 2.14 bits per heavy atom. The number of rotatable bonds is 10. The lowest BCUT2D eigenvalue weighted by Gasteiger charge is -2.39. The summed E-state index contributed by atoms with van der Waals surface area (Å²) < 4.78 is 25.1. The van der Waals surface area contributed by atoms with Crippen LogP contribution in [-0.4, -0.2) is 13.2 Å². The van der Waals surface area contributed by atoms with Crippen LogP contribution >= 0.6 is 0 Å². The van der Waals surface area contributed by atoms with E-state index in [4.69, 9.17) is 9.47 Å². The Morgan fingerprint density at radius 2 is 1.48 bits per heavy atom. The highest BCUT2D eigenvalue weighted by Gasteiger charge is 2.33. The summed E-state index contributed by atoms with van der Waals surface area (Å²) in [5.74, 6) is 2.69. The van der Waals surface area contributed by atoms with Gasteiger partial charge in [-0.1, -0.05) is 83.8 Å². The zero-order valence-electron chi connectivity index (χ0n) is 18.6. The van der Waals surface area contributed by atoms with E-state index in [1.165, 1.54) is 82.8 Å². The molecule has 1 atom stereocenters. The van der Waals surface area contributed by atoms with E-state index in [9.17, 15) is 4.39 Å². The summed E-state index contributed by atoms with van der Waals surface area (Å²) in [7, 11) is 0. The highest BCUT2D eigenvalue weighted by atomic mass is 19.1. The van der Waals surface area contributed by atoms with Gasteiger partial charge < -0.3 is 9.47 Å². The van der Waals surface area contributed by atoms with E-state index >= 15 is 0 Å². The lowest BCUT2D eigenvalue weighted by atomic mass is 9.71. The van der Waals surface area contributed by atoms with E-state index in [-0.39, 0.29) is 12.1 Å². The van der Waals surface area contributed by atoms with Crippen molar-refractivity contribution >= 4 is 0 Å². The average molecular weight is 405 g/mol. The maximum atomic E-state index is 13.1. The molecule has 1 aliphatic heterocycles. The van der Waals surface area contributed by atoms with Gasteiger partial charge in [-0.05, 0) is 42.7 Å². The van der Waals surface area contributed by atoms with Crippen molar-refractivity contribution in [3.05, 3.63) is 35.6 Å². The van der Waals surface area contributed by atoms with Crippen LogP contribution in [0.1, 0.15) is 96.3 Å².